The zero-order valence-electron chi connectivity index (χ0n) is 11.1. The van der Waals surface area contributed by atoms with Crippen LogP contribution in [0.2, 0.25) is 0 Å². The second kappa shape index (κ2) is 5.76. The number of aromatic nitrogens is 1. The molecule has 0 radical (unpaired) electrons. The standard InChI is InChI=1S/C12H18BrN3O2S/c1-9-11(13)5-6-12(15-9)14-8-10-4-3-7-16(10)19(2,17)18/h5-6,10H,3-4,7-8H2,1-2H3,(H,14,15)/t10-/m1/s1. The SMILES string of the molecule is Cc1nc(NC[C@H]2CCCN2S(C)(=O)=O)ccc1Br. The summed E-state index contributed by atoms with van der Waals surface area (Å²) in [5.74, 6) is 0.779. The molecule has 19 heavy (non-hydrogen) atoms. The van der Waals surface area contributed by atoms with Crippen molar-refractivity contribution < 1.29 is 8.42 Å². The molecule has 1 saturated heterocycles. The lowest BCUT2D eigenvalue weighted by Crippen LogP contribution is -2.38. The van der Waals surface area contributed by atoms with Crippen molar-refractivity contribution in [3.63, 3.8) is 0 Å². The first kappa shape index (κ1) is 14.7. The molecule has 1 N–H and O–H groups in total. The van der Waals surface area contributed by atoms with E-state index in [-0.39, 0.29) is 6.04 Å². The summed E-state index contributed by atoms with van der Waals surface area (Å²) in [5.41, 5.74) is 0.913. The molecular formula is C12H18BrN3O2S. The minimum Gasteiger partial charge on any atom is -0.368 e. The number of anilines is 1. The first-order valence-electron chi connectivity index (χ1n) is 6.22. The van der Waals surface area contributed by atoms with Crippen LogP contribution in [0.5, 0.6) is 0 Å². The minimum absolute atomic E-state index is 0.0285. The number of nitrogens with one attached hydrogen (secondary N) is 1. The van der Waals surface area contributed by atoms with E-state index in [1.54, 1.807) is 4.31 Å². The van der Waals surface area contributed by atoms with E-state index in [2.05, 4.69) is 26.2 Å². The molecule has 0 unspecified atom stereocenters. The van der Waals surface area contributed by atoms with Gasteiger partial charge >= 0.3 is 0 Å². The minimum atomic E-state index is -3.11. The van der Waals surface area contributed by atoms with Crippen LogP contribution in [-0.4, -0.2) is 43.1 Å². The quantitative estimate of drug-likeness (QED) is 0.904. The molecule has 0 spiro atoms. The van der Waals surface area contributed by atoms with Crippen molar-refractivity contribution >= 4 is 31.8 Å². The molecule has 2 rings (SSSR count). The summed E-state index contributed by atoms with van der Waals surface area (Å²) in [6, 6.07) is 3.85. The highest BCUT2D eigenvalue weighted by molar-refractivity contribution is 9.10. The van der Waals surface area contributed by atoms with E-state index in [0.717, 1.165) is 28.8 Å². The van der Waals surface area contributed by atoms with Crippen LogP contribution in [0.4, 0.5) is 5.82 Å². The molecule has 0 aliphatic carbocycles. The molecule has 1 aromatic heterocycles. The highest BCUT2D eigenvalue weighted by atomic mass is 79.9. The number of nitrogens with zero attached hydrogens (tertiary/aromatic N) is 2. The van der Waals surface area contributed by atoms with Crippen LogP contribution in [0.25, 0.3) is 0 Å². The predicted octanol–water partition coefficient (Wildman–Crippen LogP) is 1.99. The summed E-state index contributed by atoms with van der Waals surface area (Å²) in [5, 5.41) is 3.22. The van der Waals surface area contributed by atoms with Gasteiger partial charge in [-0.2, -0.15) is 4.31 Å². The number of hydrogen-bond acceptors (Lipinski definition) is 4. The third-order valence-electron chi connectivity index (χ3n) is 3.29. The topological polar surface area (TPSA) is 62.3 Å². The van der Waals surface area contributed by atoms with E-state index < -0.39 is 10.0 Å². The van der Waals surface area contributed by atoms with Gasteiger partial charge in [0.25, 0.3) is 0 Å². The Morgan fingerprint density at radius 2 is 2.26 bits per heavy atom. The zero-order chi connectivity index (χ0) is 14.0. The average molecular weight is 348 g/mol. The monoisotopic (exact) mass is 347 g/mol. The van der Waals surface area contributed by atoms with Gasteiger partial charge in [-0.1, -0.05) is 0 Å². The molecule has 1 fully saturated rings. The summed E-state index contributed by atoms with van der Waals surface area (Å²) in [4.78, 5) is 4.39. The number of hydrogen-bond donors (Lipinski definition) is 1. The maximum Gasteiger partial charge on any atom is 0.211 e. The Morgan fingerprint density at radius 3 is 2.89 bits per heavy atom. The van der Waals surface area contributed by atoms with Crippen LogP contribution in [0.3, 0.4) is 0 Å². The zero-order valence-corrected chi connectivity index (χ0v) is 13.5. The lowest BCUT2D eigenvalue weighted by molar-refractivity contribution is 0.402. The van der Waals surface area contributed by atoms with E-state index in [9.17, 15) is 8.42 Å². The summed E-state index contributed by atoms with van der Waals surface area (Å²) in [6.45, 7) is 3.15. The van der Waals surface area contributed by atoms with Crippen molar-refractivity contribution in [1.82, 2.24) is 9.29 Å². The van der Waals surface area contributed by atoms with Gasteiger partial charge in [-0.3, -0.25) is 0 Å². The van der Waals surface area contributed by atoms with Crippen molar-refractivity contribution in [3.05, 3.63) is 22.3 Å². The van der Waals surface area contributed by atoms with Crippen molar-refractivity contribution in [2.24, 2.45) is 0 Å². The third-order valence-corrected chi connectivity index (χ3v) is 5.46. The summed E-state index contributed by atoms with van der Waals surface area (Å²) >= 11 is 3.40. The van der Waals surface area contributed by atoms with Gasteiger partial charge in [0.2, 0.25) is 10.0 Å². The van der Waals surface area contributed by atoms with Gasteiger partial charge in [-0.15, -0.1) is 0 Å². The van der Waals surface area contributed by atoms with E-state index in [1.807, 2.05) is 19.1 Å². The Labute approximate surface area is 122 Å². The molecule has 7 heteroatoms. The first-order chi connectivity index (χ1) is 8.88. The number of sulfonamides is 1. The average Bonchev–Trinajstić information content (AvgIpc) is 2.79. The molecule has 0 amide bonds. The lowest BCUT2D eigenvalue weighted by Gasteiger charge is -2.22. The molecule has 106 valence electrons. The maximum absolute atomic E-state index is 11.6. The van der Waals surface area contributed by atoms with Gasteiger partial charge in [0.15, 0.2) is 0 Å². The van der Waals surface area contributed by atoms with Crippen LogP contribution < -0.4 is 5.32 Å². The van der Waals surface area contributed by atoms with Crippen LogP contribution in [0, 0.1) is 6.92 Å². The van der Waals surface area contributed by atoms with E-state index in [1.165, 1.54) is 6.26 Å². The van der Waals surface area contributed by atoms with Crippen molar-refractivity contribution in [3.8, 4) is 0 Å². The Hall–Kier alpha value is -0.660. The van der Waals surface area contributed by atoms with Gasteiger partial charge < -0.3 is 5.32 Å². The molecule has 1 atom stereocenters. The molecule has 2 heterocycles. The van der Waals surface area contributed by atoms with Crippen LogP contribution >= 0.6 is 15.9 Å². The van der Waals surface area contributed by atoms with Crippen molar-refractivity contribution in [2.45, 2.75) is 25.8 Å². The van der Waals surface area contributed by atoms with Crippen LogP contribution in [0.15, 0.2) is 16.6 Å². The summed E-state index contributed by atoms with van der Waals surface area (Å²) < 4.78 is 25.8. The van der Waals surface area contributed by atoms with E-state index >= 15 is 0 Å². The molecule has 5 nitrogen and oxygen atoms in total. The molecule has 0 saturated carbocycles. The number of rotatable bonds is 4. The van der Waals surface area contributed by atoms with Crippen molar-refractivity contribution in [1.29, 1.82) is 0 Å². The second-order valence-corrected chi connectivity index (χ2v) is 7.60. The number of pyridine rings is 1. The second-order valence-electron chi connectivity index (χ2n) is 4.81. The van der Waals surface area contributed by atoms with Crippen LogP contribution in [0.1, 0.15) is 18.5 Å². The highest BCUT2D eigenvalue weighted by Crippen LogP contribution is 2.21. The molecular weight excluding hydrogens is 330 g/mol. The third kappa shape index (κ3) is 3.67. The normalized spacial score (nSPS) is 20.7. The van der Waals surface area contributed by atoms with E-state index in [0.29, 0.717) is 13.1 Å². The predicted molar refractivity (Wildman–Crippen MR) is 79.7 cm³/mol. The van der Waals surface area contributed by atoms with E-state index in [4.69, 9.17) is 0 Å². The van der Waals surface area contributed by atoms with Crippen molar-refractivity contribution in [2.75, 3.05) is 24.7 Å². The Balaban J connectivity index is 2.00. The van der Waals surface area contributed by atoms with Gasteiger partial charge in [0.1, 0.15) is 5.82 Å². The molecule has 1 aliphatic rings. The highest BCUT2D eigenvalue weighted by Gasteiger charge is 2.31. The fourth-order valence-corrected chi connectivity index (χ4v) is 3.72. The maximum atomic E-state index is 11.6. The summed E-state index contributed by atoms with van der Waals surface area (Å²) in [7, 11) is -3.11. The van der Waals surface area contributed by atoms with Gasteiger partial charge in [0.05, 0.1) is 11.9 Å². The fraction of sp³-hybridized carbons (Fsp3) is 0.583. The Morgan fingerprint density at radius 1 is 1.53 bits per heavy atom. The number of aryl methyl sites for hydroxylation is 1. The number of halogens is 1. The van der Waals surface area contributed by atoms with Gasteiger partial charge in [-0.25, -0.2) is 13.4 Å². The van der Waals surface area contributed by atoms with Gasteiger partial charge in [-0.05, 0) is 47.8 Å². The van der Waals surface area contributed by atoms with Crippen LogP contribution in [-0.2, 0) is 10.0 Å². The smallest absolute Gasteiger partial charge is 0.211 e. The first-order valence-corrected chi connectivity index (χ1v) is 8.86. The Kier molecular flexibility index (Phi) is 4.47. The largest absolute Gasteiger partial charge is 0.368 e. The fourth-order valence-electron chi connectivity index (χ4n) is 2.31. The molecule has 0 aromatic carbocycles. The Bertz CT molecular complexity index is 562. The molecule has 0 bridgehead atoms. The lowest BCUT2D eigenvalue weighted by atomic mass is 10.2. The molecule has 1 aliphatic heterocycles. The molecule has 1 aromatic rings. The summed E-state index contributed by atoms with van der Waals surface area (Å²) in [6.07, 6.45) is 3.09. The van der Waals surface area contributed by atoms with Gasteiger partial charge in [0, 0.05) is 23.6 Å².